The van der Waals surface area contributed by atoms with Crippen LogP contribution in [0.1, 0.15) is 11.4 Å². The van der Waals surface area contributed by atoms with E-state index in [-0.39, 0.29) is 11.4 Å². The Balaban J connectivity index is 2.09. The van der Waals surface area contributed by atoms with Gasteiger partial charge in [0.05, 0.1) is 0 Å². The molecule has 0 aliphatic rings. The van der Waals surface area contributed by atoms with E-state index in [4.69, 9.17) is 0 Å². The molecule has 0 N–H and O–H groups in total. The van der Waals surface area contributed by atoms with Gasteiger partial charge in [0.1, 0.15) is 12.3 Å². The van der Waals surface area contributed by atoms with Crippen LogP contribution >= 0.6 is 0 Å². The highest BCUT2D eigenvalue weighted by Crippen LogP contribution is 2.28. The van der Waals surface area contributed by atoms with Crippen LogP contribution in [0.5, 0.6) is 5.75 Å². The van der Waals surface area contributed by atoms with Gasteiger partial charge in [-0.3, -0.25) is 9.48 Å². The molecule has 1 amide bonds. The highest BCUT2D eigenvalue weighted by molar-refractivity contribution is 5.92. The van der Waals surface area contributed by atoms with Gasteiger partial charge < -0.3 is 9.64 Å². The molecule has 0 atom stereocenters. The number of likely N-dealkylation sites (N-methyl/N-ethyl adjacent to an activating group) is 1. The number of carbonyl (C=O) groups excluding carboxylic acids is 1. The Bertz CT molecular complexity index is 780. The number of hydrogen-bond acceptors (Lipinski definition) is 3. The number of aromatic nitrogens is 2. The predicted molar refractivity (Wildman–Crippen MR) is 78.5 cm³/mol. The van der Waals surface area contributed by atoms with Gasteiger partial charge in [-0.05, 0) is 37.3 Å². The molecule has 11 heteroatoms. The van der Waals surface area contributed by atoms with E-state index in [0.29, 0.717) is 0 Å². The van der Waals surface area contributed by atoms with E-state index >= 15 is 0 Å². The first-order chi connectivity index (χ1) is 11.9. The number of hydrogen-bond donors (Lipinski definition) is 0. The normalized spacial score (nSPS) is 12.2. The lowest BCUT2D eigenvalue weighted by Gasteiger charge is -2.18. The van der Waals surface area contributed by atoms with Crippen LogP contribution in [-0.2, 0) is 17.5 Å². The topological polar surface area (TPSA) is 47.4 Å². The maximum Gasteiger partial charge on any atom is 0.573 e. The number of halogens is 6. The first kappa shape index (κ1) is 19.6. The van der Waals surface area contributed by atoms with Crippen molar-refractivity contribution in [2.75, 3.05) is 11.9 Å². The Morgan fingerprint density at radius 2 is 1.73 bits per heavy atom. The summed E-state index contributed by atoms with van der Waals surface area (Å²) >= 11 is 0. The Morgan fingerprint density at radius 3 is 2.19 bits per heavy atom. The summed E-state index contributed by atoms with van der Waals surface area (Å²) in [4.78, 5) is 13.3. The first-order valence-corrected chi connectivity index (χ1v) is 7.11. The van der Waals surface area contributed by atoms with Gasteiger partial charge in [-0.2, -0.15) is 18.3 Å². The fourth-order valence-corrected chi connectivity index (χ4v) is 2.06. The number of benzene rings is 1. The van der Waals surface area contributed by atoms with Crippen LogP contribution in [0.4, 0.5) is 32.0 Å². The van der Waals surface area contributed by atoms with Crippen molar-refractivity contribution in [3.05, 3.63) is 41.7 Å². The van der Waals surface area contributed by atoms with Gasteiger partial charge in [0.2, 0.25) is 5.91 Å². The summed E-state index contributed by atoms with van der Waals surface area (Å²) in [5.41, 5.74) is -0.725. The molecule has 0 radical (unpaired) electrons. The molecule has 0 aliphatic heterocycles. The molecule has 0 bridgehead atoms. The lowest BCUT2D eigenvalue weighted by molar-refractivity contribution is -0.274. The zero-order valence-corrected chi connectivity index (χ0v) is 13.5. The van der Waals surface area contributed by atoms with Crippen LogP contribution in [0.3, 0.4) is 0 Å². The quantitative estimate of drug-likeness (QED) is 0.758. The number of rotatable bonds is 4. The molecule has 5 nitrogen and oxygen atoms in total. The highest BCUT2D eigenvalue weighted by Gasteiger charge is 2.34. The molecule has 1 heterocycles. The zero-order chi connectivity index (χ0) is 19.7. The fourth-order valence-electron chi connectivity index (χ4n) is 2.06. The summed E-state index contributed by atoms with van der Waals surface area (Å²) in [5, 5.41) is 3.35. The summed E-state index contributed by atoms with van der Waals surface area (Å²) in [6.45, 7) is 0.915. The van der Waals surface area contributed by atoms with E-state index in [0.717, 1.165) is 27.8 Å². The van der Waals surface area contributed by atoms with Crippen molar-refractivity contribution in [1.82, 2.24) is 9.78 Å². The van der Waals surface area contributed by atoms with Crippen LogP contribution in [-0.4, -0.2) is 29.1 Å². The summed E-state index contributed by atoms with van der Waals surface area (Å²) in [5.74, 6) is -1.06. The Labute approximate surface area is 143 Å². The van der Waals surface area contributed by atoms with E-state index in [2.05, 4.69) is 9.84 Å². The summed E-state index contributed by atoms with van der Waals surface area (Å²) < 4.78 is 78.9. The molecule has 0 saturated carbocycles. The lowest BCUT2D eigenvalue weighted by Crippen LogP contribution is -2.30. The maximum atomic E-state index is 12.6. The molecule has 0 fully saturated rings. The molecule has 0 unspecified atom stereocenters. The van der Waals surface area contributed by atoms with E-state index in [1.165, 1.54) is 26.1 Å². The van der Waals surface area contributed by atoms with Crippen molar-refractivity contribution in [1.29, 1.82) is 0 Å². The smallest absolute Gasteiger partial charge is 0.406 e. The molecule has 1 aromatic carbocycles. The Morgan fingerprint density at radius 1 is 1.15 bits per heavy atom. The van der Waals surface area contributed by atoms with Gasteiger partial charge in [-0.15, -0.1) is 13.2 Å². The van der Waals surface area contributed by atoms with Crippen molar-refractivity contribution >= 4 is 11.6 Å². The molecule has 1 aromatic heterocycles. The van der Waals surface area contributed by atoms with E-state index < -0.39 is 36.4 Å². The second-order valence-electron chi connectivity index (χ2n) is 5.32. The number of ether oxygens (including phenoxy) is 1. The minimum Gasteiger partial charge on any atom is -0.406 e. The zero-order valence-electron chi connectivity index (χ0n) is 13.5. The van der Waals surface area contributed by atoms with Gasteiger partial charge in [0.15, 0.2) is 5.69 Å². The van der Waals surface area contributed by atoms with Crippen LogP contribution in [0.15, 0.2) is 30.3 Å². The average molecular weight is 381 g/mol. The first-order valence-electron chi connectivity index (χ1n) is 7.11. The number of aryl methyl sites for hydroxylation is 1. The third-order valence-corrected chi connectivity index (χ3v) is 3.39. The number of nitrogens with zero attached hydrogens (tertiary/aromatic N) is 3. The van der Waals surface area contributed by atoms with Gasteiger partial charge in [-0.1, -0.05) is 0 Å². The predicted octanol–water partition coefficient (Wildman–Crippen LogP) is 3.77. The van der Waals surface area contributed by atoms with Crippen molar-refractivity contribution in [2.45, 2.75) is 26.0 Å². The van der Waals surface area contributed by atoms with Gasteiger partial charge in [0, 0.05) is 18.4 Å². The van der Waals surface area contributed by atoms with Gasteiger partial charge >= 0.3 is 12.5 Å². The van der Waals surface area contributed by atoms with E-state index in [1.807, 2.05) is 0 Å². The standard InChI is InChI=1S/C15H13F6N3O2/c1-9-7-12(14(16,17)18)22-24(9)8-13(25)23(2)10-3-5-11(6-4-10)26-15(19,20)21/h3-7H,8H2,1-2H3. The molecule has 0 aliphatic carbocycles. The van der Waals surface area contributed by atoms with Gasteiger partial charge in [0.25, 0.3) is 0 Å². The largest absolute Gasteiger partial charge is 0.573 e. The van der Waals surface area contributed by atoms with Crippen molar-refractivity contribution in [2.24, 2.45) is 0 Å². The number of alkyl halides is 6. The van der Waals surface area contributed by atoms with Crippen molar-refractivity contribution in [3.8, 4) is 5.75 Å². The molecule has 0 spiro atoms. The second-order valence-corrected chi connectivity index (χ2v) is 5.32. The van der Waals surface area contributed by atoms with Gasteiger partial charge in [-0.25, -0.2) is 0 Å². The summed E-state index contributed by atoms with van der Waals surface area (Å²) in [6, 6.07) is 5.30. The maximum absolute atomic E-state index is 12.6. The monoisotopic (exact) mass is 381 g/mol. The molecule has 2 rings (SSSR count). The molecular weight excluding hydrogens is 368 g/mol. The van der Waals surface area contributed by atoms with E-state index in [9.17, 15) is 31.1 Å². The minimum absolute atomic E-state index is 0.146. The third kappa shape index (κ3) is 4.90. The van der Waals surface area contributed by atoms with E-state index in [1.54, 1.807) is 0 Å². The highest BCUT2D eigenvalue weighted by atomic mass is 19.4. The fraction of sp³-hybridized carbons (Fsp3) is 0.333. The van der Waals surface area contributed by atoms with Crippen LogP contribution in [0, 0.1) is 6.92 Å². The SMILES string of the molecule is Cc1cc(C(F)(F)F)nn1CC(=O)N(C)c1ccc(OC(F)(F)F)cc1. The summed E-state index contributed by atoms with van der Waals surface area (Å²) in [6.07, 6.45) is -9.46. The van der Waals surface area contributed by atoms with Crippen molar-refractivity contribution < 1.29 is 35.9 Å². The van der Waals surface area contributed by atoms with Crippen molar-refractivity contribution in [3.63, 3.8) is 0 Å². The van der Waals surface area contributed by atoms with Crippen LogP contribution < -0.4 is 9.64 Å². The minimum atomic E-state index is -4.84. The van der Waals surface area contributed by atoms with Crippen LogP contribution in [0.2, 0.25) is 0 Å². The number of carbonyl (C=O) groups is 1. The second kappa shape index (κ2) is 6.89. The average Bonchev–Trinajstić information content (AvgIpc) is 2.87. The third-order valence-electron chi connectivity index (χ3n) is 3.39. The molecule has 26 heavy (non-hydrogen) atoms. The number of anilines is 1. The molecule has 142 valence electrons. The van der Waals surface area contributed by atoms with Crippen LogP contribution in [0.25, 0.3) is 0 Å². The molecular formula is C15H13F6N3O2. The number of amides is 1. The Hall–Kier alpha value is -2.72. The Kier molecular flexibility index (Phi) is 5.19. The molecule has 0 saturated heterocycles. The molecule has 2 aromatic rings. The summed E-state index contributed by atoms with van der Waals surface area (Å²) in [7, 11) is 1.34. The lowest BCUT2D eigenvalue weighted by atomic mass is 10.2.